The summed E-state index contributed by atoms with van der Waals surface area (Å²) in [5, 5.41) is 2.63. The third-order valence-electron chi connectivity index (χ3n) is 8.54. The number of amides is 1. The molecule has 0 radical (unpaired) electrons. The van der Waals surface area contributed by atoms with Gasteiger partial charge in [0.25, 0.3) is 5.91 Å². The largest absolute Gasteiger partial charge is 0.416 e. The van der Waals surface area contributed by atoms with Gasteiger partial charge in [0.1, 0.15) is 11.4 Å². The van der Waals surface area contributed by atoms with Gasteiger partial charge in [-0.2, -0.15) is 26.3 Å². The molecule has 2 aliphatic rings. The highest BCUT2D eigenvalue weighted by Gasteiger charge is 2.47. The highest BCUT2D eigenvalue weighted by molar-refractivity contribution is 5.86. The van der Waals surface area contributed by atoms with Crippen molar-refractivity contribution in [1.82, 2.24) is 10.2 Å². The van der Waals surface area contributed by atoms with Crippen LogP contribution in [0.5, 0.6) is 0 Å². The smallest absolute Gasteiger partial charge is 0.363 e. The van der Waals surface area contributed by atoms with Crippen molar-refractivity contribution in [1.29, 1.82) is 0 Å². The molecule has 41 heavy (non-hydrogen) atoms. The van der Waals surface area contributed by atoms with Crippen LogP contribution in [0.4, 0.5) is 30.7 Å². The fraction of sp³-hybridized carbons (Fsp3) is 0.567. The maximum Gasteiger partial charge on any atom is 0.416 e. The third kappa shape index (κ3) is 7.05. The van der Waals surface area contributed by atoms with Crippen LogP contribution in [-0.4, -0.2) is 42.1 Å². The Balaban J connectivity index is 1.41. The Labute approximate surface area is 235 Å². The summed E-state index contributed by atoms with van der Waals surface area (Å²) in [4.78, 5) is 15.8. The van der Waals surface area contributed by atoms with Crippen molar-refractivity contribution in [2.45, 2.75) is 82.4 Å². The molecule has 0 spiro atoms. The Morgan fingerprint density at radius 1 is 0.927 bits per heavy atom. The maximum absolute atomic E-state index is 13.5. The number of alkyl halides is 6. The number of rotatable bonds is 6. The van der Waals surface area contributed by atoms with Crippen LogP contribution in [0.1, 0.15) is 80.7 Å². The molecule has 0 aromatic heterocycles. The average Bonchev–Trinajstić information content (AvgIpc) is 2.92. The van der Waals surface area contributed by atoms with Crippen LogP contribution in [0.2, 0.25) is 0 Å². The number of carbonyl (C=O) groups is 1. The summed E-state index contributed by atoms with van der Waals surface area (Å²) in [6.07, 6.45) is -7.12. The summed E-state index contributed by atoms with van der Waals surface area (Å²) in [6.45, 7) is 6.91. The Morgan fingerprint density at radius 3 is 1.95 bits per heavy atom. The van der Waals surface area contributed by atoms with Crippen molar-refractivity contribution in [2.24, 2.45) is 5.92 Å². The zero-order chi connectivity index (χ0) is 30.2. The van der Waals surface area contributed by atoms with E-state index in [0.717, 1.165) is 31.5 Å². The van der Waals surface area contributed by atoms with E-state index in [1.807, 2.05) is 26.0 Å². The Bertz CT molecular complexity index is 1160. The van der Waals surface area contributed by atoms with Gasteiger partial charge in [-0.25, -0.2) is 4.39 Å². The van der Waals surface area contributed by atoms with E-state index in [4.69, 9.17) is 4.74 Å². The van der Waals surface area contributed by atoms with Crippen LogP contribution in [-0.2, 0) is 21.9 Å². The van der Waals surface area contributed by atoms with Crippen molar-refractivity contribution in [3.8, 4) is 0 Å². The van der Waals surface area contributed by atoms with Gasteiger partial charge in [-0.1, -0.05) is 26.0 Å². The topological polar surface area (TPSA) is 41.6 Å². The Morgan fingerprint density at radius 2 is 1.49 bits per heavy atom. The monoisotopic (exact) mass is 588 g/mol. The molecule has 4 rings (SSSR count). The molecular weight excluding hydrogens is 553 g/mol. The van der Waals surface area contributed by atoms with Gasteiger partial charge < -0.3 is 10.1 Å². The fourth-order valence-electron chi connectivity index (χ4n) is 5.93. The summed E-state index contributed by atoms with van der Waals surface area (Å²) in [5.41, 5.74) is -3.30. The number of nitrogens with one attached hydrogen (secondary N) is 1. The fourth-order valence-corrected chi connectivity index (χ4v) is 5.93. The second-order valence-electron chi connectivity index (χ2n) is 11.4. The number of likely N-dealkylation sites (tertiary alicyclic amines) is 1. The minimum absolute atomic E-state index is 0.0699. The Hall–Kier alpha value is -2.66. The van der Waals surface area contributed by atoms with Gasteiger partial charge in [0.05, 0.1) is 23.8 Å². The van der Waals surface area contributed by atoms with E-state index >= 15 is 0 Å². The van der Waals surface area contributed by atoms with E-state index in [9.17, 15) is 35.5 Å². The van der Waals surface area contributed by atoms with Crippen LogP contribution >= 0.6 is 0 Å². The van der Waals surface area contributed by atoms with Gasteiger partial charge in [-0.15, -0.1) is 0 Å². The molecule has 2 saturated heterocycles. The minimum atomic E-state index is -4.98. The first-order valence-electron chi connectivity index (χ1n) is 13.8. The lowest BCUT2D eigenvalue weighted by atomic mass is 9.80. The molecule has 226 valence electrons. The molecule has 4 nitrogen and oxygen atoms in total. The minimum Gasteiger partial charge on any atom is -0.363 e. The molecule has 2 aromatic rings. The van der Waals surface area contributed by atoms with Gasteiger partial charge >= 0.3 is 12.4 Å². The first-order chi connectivity index (χ1) is 19.1. The van der Waals surface area contributed by atoms with E-state index in [-0.39, 0.29) is 36.0 Å². The third-order valence-corrected chi connectivity index (χ3v) is 8.54. The van der Waals surface area contributed by atoms with Crippen molar-refractivity contribution in [3.63, 3.8) is 0 Å². The number of benzene rings is 2. The molecule has 2 fully saturated rings. The van der Waals surface area contributed by atoms with E-state index in [2.05, 4.69) is 10.2 Å². The van der Waals surface area contributed by atoms with Crippen LogP contribution in [0, 0.1) is 11.7 Å². The zero-order valence-electron chi connectivity index (χ0n) is 23.2. The maximum atomic E-state index is 13.5. The van der Waals surface area contributed by atoms with E-state index in [1.165, 1.54) is 19.1 Å². The highest BCUT2D eigenvalue weighted by atomic mass is 19.4. The molecule has 0 aliphatic carbocycles. The van der Waals surface area contributed by atoms with Crippen LogP contribution < -0.4 is 5.32 Å². The predicted molar refractivity (Wildman–Crippen MR) is 139 cm³/mol. The number of hydrogen-bond donors (Lipinski definition) is 1. The highest BCUT2D eigenvalue weighted by Crippen LogP contribution is 2.39. The molecule has 0 saturated carbocycles. The summed E-state index contributed by atoms with van der Waals surface area (Å²) in [5.74, 6) is -0.767. The SMILES string of the molecule is CC(NC(=O)C1(C(C)C)CCC(N2CCC(c3ccc(F)cc3)CC2)CO1)c1cc(C(F)(F)F)cc(C(F)(F)F)c1. The van der Waals surface area contributed by atoms with Gasteiger partial charge in [-0.05, 0) is 99.0 Å². The predicted octanol–water partition coefficient (Wildman–Crippen LogP) is 7.49. The van der Waals surface area contributed by atoms with Crippen molar-refractivity contribution in [2.75, 3.05) is 19.7 Å². The van der Waals surface area contributed by atoms with E-state index < -0.39 is 41.0 Å². The lowest BCUT2D eigenvalue weighted by Crippen LogP contribution is -2.59. The number of halogens is 7. The van der Waals surface area contributed by atoms with Crippen LogP contribution in [0.15, 0.2) is 42.5 Å². The number of piperidine rings is 1. The normalized spacial score (nSPS) is 23.9. The second-order valence-corrected chi connectivity index (χ2v) is 11.4. The molecular formula is C30H35F7N2O2. The molecule has 3 unspecified atom stereocenters. The molecule has 1 amide bonds. The van der Waals surface area contributed by atoms with Crippen molar-refractivity contribution < 1.29 is 40.3 Å². The summed E-state index contributed by atoms with van der Waals surface area (Å²) >= 11 is 0. The van der Waals surface area contributed by atoms with Crippen LogP contribution in [0.3, 0.4) is 0 Å². The molecule has 2 aromatic carbocycles. The molecule has 11 heteroatoms. The summed E-state index contributed by atoms with van der Waals surface area (Å²) in [7, 11) is 0. The first kappa shape index (κ1) is 31.3. The van der Waals surface area contributed by atoms with Crippen molar-refractivity contribution >= 4 is 5.91 Å². The number of ether oxygens (including phenoxy) is 1. The van der Waals surface area contributed by atoms with E-state index in [0.29, 0.717) is 30.9 Å². The average molecular weight is 589 g/mol. The standard InChI is InChI=1S/C30H35F7N2O2/c1-18(2)28(27(40)38-19(3)22-14-23(29(32,33)34)16-24(15-22)30(35,36)37)11-8-26(17-41-28)39-12-9-21(10-13-39)20-4-6-25(31)7-5-20/h4-7,14-16,18-19,21,26H,8-13,17H2,1-3H3,(H,38,40). The molecule has 0 bridgehead atoms. The first-order valence-corrected chi connectivity index (χ1v) is 13.8. The molecule has 2 heterocycles. The summed E-state index contributed by atoms with van der Waals surface area (Å²) in [6, 6.07) is 6.88. The zero-order valence-corrected chi connectivity index (χ0v) is 23.2. The number of carbonyl (C=O) groups excluding carboxylic acids is 1. The Kier molecular flexibility index (Phi) is 9.09. The van der Waals surface area contributed by atoms with Crippen LogP contribution in [0.25, 0.3) is 0 Å². The van der Waals surface area contributed by atoms with Crippen molar-refractivity contribution in [3.05, 3.63) is 70.5 Å². The van der Waals surface area contributed by atoms with Gasteiger partial charge in [0.2, 0.25) is 0 Å². The number of nitrogens with zero attached hydrogens (tertiary/aromatic N) is 1. The summed E-state index contributed by atoms with van der Waals surface area (Å²) < 4.78 is 99.5. The molecule has 3 atom stereocenters. The molecule has 2 aliphatic heterocycles. The second kappa shape index (κ2) is 11.9. The van der Waals surface area contributed by atoms with Gasteiger partial charge in [-0.3, -0.25) is 9.69 Å². The molecule has 1 N–H and O–H groups in total. The van der Waals surface area contributed by atoms with E-state index in [1.54, 1.807) is 0 Å². The van der Waals surface area contributed by atoms with Gasteiger partial charge in [0, 0.05) is 6.04 Å². The van der Waals surface area contributed by atoms with Gasteiger partial charge in [0.15, 0.2) is 0 Å². The lowest BCUT2D eigenvalue weighted by molar-refractivity contribution is -0.170. The lowest BCUT2D eigenvalue weighted by Gasteiger charge is -2.46. The number of hydrogen-bond acceptors (Lipinski definition) is 3. The quantitative estimate of drug-likeness (QED) is 0.356.